The molecule has 0 saturated carbocycles. The van der Waals surface area contributed by atoms with E-state index in [9.17, 15) is 4.79 Å². The van der Waals surface area contributed by atoms with Crippen molar-refractivity contribution < 1.29 is 9.53 Å². The Labute approximate surface area is 112 Å². The predicted molar refractivity (Wildman–Crippen MR) is 71.1 cm³/mol. The number of hydrogen-bond acceptors (Lipinski definition) is 2. The molecule has 1 amide bonds. The van der Waals surface area contributed by atoms with E-state index in [0.717, 1.165) is 37.9 Å². The molecule has 0 N–H and O–H groups in total. The zero-order valence-electron chi connectivity index (χ0n) is 10.2. The topological polar surface area (TPSA) is 29.5 Å². The molecule has 1 aromatic carbocycles. The van der Waals surface area contributed by atoms with E-state index < -0.39 is 0 Å². The quantitative estimate of drug-likeness (QED) is 0.781. The van der Waals surface area contributed by atoms with Gasteiger partial charge in [-0.2, -0.15) is 0 Å². The third-order valence-electron chi connectivity index (χ3n) is 3.64. The fourth-order valence-corrected chi connectivity index (χ4v) is 3.07. The number of para-hydroxylation sites is 1. The van der Waals surface area contributed by atoms with Gasteiger partial charge in [-0.1, -0.05) is 23.7 Å². The Balaban J connectivity index is 1.93. The fourth-order valence-electron chi connectivity index (χ4n) is 2.77. The van der Waals surface area contributed by atoms with Crippen LogP contribution in [0.1, 0.15) is 24.8 Å². The van der Waals surface area contributed by atoms with Gasteiger partial charge in [-0.3, -0.25) is 4.79 Å². The molecule has 1 fully saturated rings. The molecule has 3 nitrogen and oxygen atoms in total. The van der Waals surface area contributed by atoms with Gasteiger partial charge in [0, 0.05) is 13.2 Å². The van der Waals surface area contributed by atoms with Crippen molar-refractivity contribution in [1.29, 1.82) is 0 Å². The molecule has 2 heterocycles. The Morgan fingerprint density at radius 3 is 3.06 bits per heavy atom. The van der Waals surface area contributed by atoms with Crippen LogP contribution >= 0.6 is 11.6 Å². The summed E-state index contributed by atoms with van der Waals surface area (Å²) in [7, 11) is 0. The number of amides is 1. The molecular formula is C14H16ClNO2. The monoisotopic (exact) mass is 265 g/mol. The zero-order chi connectivity index (χ0) is 12.5. The number of rotatable bonds is 1. The molecule has 0 spiro atoms. The van der Waals surface area contributed by atoms with Gasteiger partial charge in [-0.15, -0.1) is 0 Å². The summed E-state index contributed by atoms with van der Waals surface area (Å²) >= 11 is 6.25. The fraction of sp³-hybridized carbons (Fsp3) is 0.500. The van der Waals surface area contributed by atoms with Gasteiger partial charge in [-0.25, -0.2) is 0 Å². The highest BCUT2D eigenvalue weighted by Gasteiger charge is 2.32. The minimum atomic E-state index is -0.271. The molecular weight excluding hydrogens is 250 g/mol. The first kappa shape index (κ1) is 12.0. The molecule has 0 radical (unpaired) electrons. The van der Waals surface area contributed by atoms with Crippen LogP contribution in [0.4, 0.5) is 5.69 Å². The lowest BCUT2D eigenvalue weighted by Crippen LogP contribution is -2.42. The second-order valence-corrected chi connectivity index (χ2v) is 5.25. The average molecular weight is 266 g/mol. The summed E-state index contributed by atoms with van der Waals surface area (Å²) in [5.74, 6) is 0.0709. The number of ether oxygens (including phenoxy) is 1. The maximum Gasteiger partial charge on any atom is 0.256 e. The van der Waals surface area contributed by atoms with Crippen LogP contribution < -0.4 is 4.90 Å². The third kappa shape index (κ3) is 2.02. The van der Waals surface area contributed by atoms with E-state index in [4.69, 9.17) is 16.3 Å². The Morgan fingerprint density at radius 2 is 2.28 bits per heavy atom. The van der Waals surface area contributed by atoms with E-state index in [1.807, 2.05) is 17.0 Å². The van der Waals surface area contributed by atoms with E-state index in [1.165, 1.54) is 5.56 Å². The summed E-state index contributed by atoms with van der Waals surface area (Å²) in [6.07, 6.45) is 3.51. The SMILES string of the molecule is O=C([C@H]1CCCO1)N1CCCc2cccc(Cl)c21. The highest BCUT2D eigenvalue weighted by molar-refractivity contribution is 6.34. The molecule has 2 aliphatic rings. The summed E-state index contributed by atoms with van der Waals surface area (Å²) in [5.41, 5.74) is 2.06. The van der Waals surface area contributed by atoms with Gasteiger partial charge in [0.15, 0.2) is 0 Å². The summed E-state index contributed by atoms with van der Waals surface area (Å²) < 4.78 is 5.49. The molecule has 1 atom stereocenters. The molecule has 0 aliphatic carbocycles. The summed E-state index contributed by atoms with van der Waals surface area (Å²) in [6.45, 7) is 1.44. The smallest absolute Gasteiger partial charge is 0.256 e. The molecule has 1 aromatic rings. The number of anilines is 1. The van der Waals surface area contributed by atoms with Crippen molar-refractivity contribution >= 4 is 23.2 Å². The van der Waals surface area contributed by atoms with Crippen molar-refractivity contribution in [3.63, 3.8) is 0 Å². The number of fused-ring (bicyclic) bond motifs is 1. The molecule has 3 rings (SSSR count). The minimum absolute atomic E-state index is 0.0709. The summed E-state index contributed by atoms with van der Waals surface area (Å²) in [6, 6.07) is 5.85. The second kappa shape index (κ2) is 4.90. The maximum absolute atomic E-state index is 12.5. The molecule has 18 heavy (non-hydrogen) atoms. The standard InChI is InChI=1S/C14H16ClNO2/c15-11-6-1-4-10-5-2-8-16(13(10)11)14(17)12-7-3-9-18-12/h1,4,6,12H,2-3,5,7-9H2/t12-/m1/s1. The molecule has 4 heteroatoms. The van der Waals surface area contributed by atoms with E-state index in [0.29, 0.717) is 11.6 Å². The van der Waals surface area contributed by atoms with Crippen molar-refractivity contribution in [2.45, 2.75) is 31.8 Å². The lowest BCUT2D eigenvalue weighted by Gasteiger charge is -2.31. The predicted octanol–water partition coefficient (Wildman–Crippen LogP) is 2.80. The highest BCUT2D eigenvalue weighted by atomic mass is 35.5. The first-order valence-corrected chi connectivity index (χ1v) is 6.85. The highest BCUT2D eigenvalue weighted by Crippen LogP contribution is 2.35. The van der Waals surface area contributed by atoms with Crippen molar-refractivity contribution in [3.05, 3.63) is 28.8 Å². The summed E-state index contributed by atoms with van der Waals surface area (Å²) in [4.78, 5) is 14.3. The molecule has 0 unspecified atom stereocenters. The minimum Gasteiger partial charge on any atom is -0.368 e. The van der Waals surface area contributed by atoms with Gasteiger partial charge in [0.25, 0.3) is 5.91 Å². The van der Waals surface area contributed by atoms with Crippen LogP contribution in [0.15, 0.2) is 18.2 Å². The Bertz CT molecular complexity index is 469. The van der Waals surface area contributed by atoms with Crippen LogP contribution in [0, 0.1) is 0 Å². The lowest BCUT2D eigenvalue weighted by molar-refractivity contribution is -0.127. The number of nitrogens with zero attached hydrogens (tertiary/aromatic N) is 1. The first-order chi connectivity index (χ1) is 8.77. The number of halogens is 1. The lowest BCUT2D eigenvalue weighted by atomic mass is 10.0. The van der Waals surface area contributed by atoms with Crippen LogP contribution in [0.2, 0.25) is 5.02 Å². The normalized spacial score (nSPS) is 22.9. The van der Waals surface area contributed by atoms with Crippen molar-refractivity contribution in [3.8, 4) is 0 Å². The van der Waals surface area contributed by atoms with Crippen molar-refractivity contribution in [1.82, 2.24) is 0 Å². The van der Waals surface area contributed by atoms with E-state index >= 15 is 0 Å². The number of hydrogen-bond donors (Lipinski definition) is 0. The van der Waals surface area contributed by atoms with Crippen molar-refractivity contribution in [2.75, 3.05) is 18.1 Å². The second-order valence-electron chi connectivity index (χ2n) is 4.84. The van der Waals surface area contributed by atoms with Crippen LogP contribution in [0.5, 0.6) is 0 Å². The van der Waals surface area contributed by atoms with Gasteiger partial charge in [0.2, 0.25) is 0 Å². The average Bonchev–Trinajstić information content (AvgIpc) is 2.91. The number of aryl methyl sites for hydroxylation is 1. The van der Waals surface area contributed by atoms with Gasteiger partial charge in [-0.05, 0) is 37.3 Å². The Morgan fingerprint density at radius 1 is 1.39 bits per heavy atom. The van der Waals surface area contributed by atoms with Gasteiger partial charge in [0.05, 0.1) is 10.7 Å². The van der Waals surface area contributed by atoms with E-state index in [1.54, 1.807) is 0 Å². The Hall–Kier alpha value is -1.06. The first-order valence-electron chi connectivity index (χ1n) is 6.48. The number of carbonyl (C=O) groups is 1. The largest absolute Gasteiger partial charge is 0.368 e. The zero-order valence-corrected chi connectivity index (χ0v) is 10.9. The van der Waals surface area contributed by atoms with Crippen molar-refractivity contribution in [2.24, 2.45) is 0 Å². The van der Waals surface area contributed by atoms with Crippen LogP contribution in [0.25, 0.3) is 0 Å². The summed E-state index contributed by atoms with van der Waals surface area (Å²) in [5, 5.41) is 0.665. The molecule has 1 saturated heterocycles. The van der Waals surface area contributed by atoms with Crippen LogP contribution in [-0.2, 0) is 16.0 Å². The van der Waals surface area contributed by atoms with E-state index in [-0.39, 0.29) is 12.0 Å². The van der Waals surface area contributed by atoms with E-state index in [2.05, 4.69) is 6.07 Å². The number of benzene rings is 1. The maximum atomic E-state index is 12.5. The van der Waals surface area contributed by atoms with Gasteiger partial charge < -0.3 is 9.64 Å². The Kier molecular flexibility index (Phi) is 3.27. The van der Waals surface area contributed by atoms with Gasteiger partial charge >= 0.3 is 0 Å². The van der Waals surface area contributed by atoms with Crippen LogP contribution in [-0.4, -0.2) is 25.2 Å². The molecule has 0 aromatic heterocycles. The molecule has 2 aliphatic heterocycles. The van der Waals surface area contributed by atoms with Crippen LogP contribution in [0.3, 0.4) is 0 Å². The molecule has 96 valence electrons. The van der Waals surface area contributed by atoms with Gasteiger partial charge in [0.1, 0.15) is 6.10 Å². The third-order valence-corrected chi connectivity index (χ3v) is 3.94. The number of carbonyl (C=O) groups excluding carboxylic acids is 1. The molecule has 0 bridgehead atoms.